The van der Waals surface area contributed by atoms with Gasteiger partial charge in [-0.3, -0.25) is 0 Å². The topological polar surface area (TPSA) is 30.5 Å². The summed E-state index contributed by atoms with van der Waals surface area (Å²) in [5.41, 5.74) is 0. The molecule has 1 saturated carbocycles. The first-order chi connectivity index (χ1) is 7.90. The Balaban J connectivity index is 1.78. The fourth-order valence-electron chi connectivity index (χ4n) is 2.52. The fraction of sp³-hybridized carbons (Fsp3) is 1.00. The van der Waals surface area contributed by atoms with Gasteiger partial charge >= 0.3 is 0 Å². The summed E-state index contributed by atoms with van der Waals surface area (Å²) in [6.07, 6.45) is 6.99. The predicted octanol–water partition coefficient (Wildman–Crippen LogP) is 1.96. The minimum Gasteiger partial charge on any atom is -0.376 e. The normalized spacial score (nSPS) is 28.7. The zero-order valence-corrected chi connectivity index (χ0v) is 10.4. The quantitative estimate of drug-likeness (QED) is 0.752. The first-order valence-electron chi connectivity index (χ1n) is 6.83. The molecule has 2 unspecified atom stereocenters. The van der Waals surface area contributed by atoms with Crippen molar-refractivity contribution in [2.75, 3.05) is 26.4 Å². The Labute approximate surface area is 98.9 Å². The number of hydrogen-bond acceptors (Lipinski definition) is 3. The van der Waals surface area contributed by atoms with Gasteiger partial charge in [-0.2, -0.15) is 0 Å². The molecule has 1 aliphatic carbocycles. The molecule has 0 aromatic heterocycles. The smallest absolute Gasteiger partial charge is 0.0962 e. The van der Waals surface area contributed by atoms with Crippen molar-refractivity contribution in [3.8, 4) is 0 Å². The summed E-state index contributed by atoms with van der Waals surface area (Å²) in [6.45, 7) is 5.61. The van der Waals surface area contributed by atoms with Gasteiger partial charge in [0.25, 0.3) is 0 Å². The second-order valence-corrected chi connectivity index (χ2v) is 5.08. The molecule has 2 atom stereocenters. The summed E-state index contributed by atoms with van der Waals surface area (Å²) >= 11 is 0. The van der Waals surface area contributed by atoms with E-state index in [0.29, 0.717) is 6.04 Å². The average molecular weight is 227 g/mol. The van der Waals surface area contributed by atoms with Crippen molar-refractivity contribution in [2.45, 2.75) is 51.2 Å². The largest absolute Gasteiger partial charge is 0.376 e. The standard InChI is InChI=1S/C13H25NO2/c1-2-6-14-12(9-11-4-3-5-11)13-10-15-7-8-16-13/h11-14H,2-10H2,1H3. The van der Waals surface area contributed by atoms with Gasteiger partial charge in [0.2, 0.25) is 0 Å². The van der Waals surface area contributed by atoms with E-state index in [9.17, 15) is 0 Å². The molecule has 3 heteroatoms. The molecule has 16 heavy (non-hydrogen) atoms. The minimum absolute atomic E-state index is 0.279. The van der Waals surface area contributed by atoms with Crippen molar-refractivity contribution in [3.05, 3.63) is 0 Å². The molecule has 2 fully saturated rings. The van der Waals surface area contributed by atoms with E-state index in [1.807, 2.05) is 0 Å². The lowest BCUT2D eigenvalue weighted by atomic mass is 9.80. The Morgan fingerprint density at radius 1 is 1.31 bits per heavy atom. The Kier molecular flexibility index (Phi) is 5.07. The Hall–Kier alpha value is -0.120. The molecule has 0 aromatic rings. The summed E-state index contributed by atoms with van der Waals surface area (Å²) in [7, 11) is 0. The van der Waals surface area contributed by atoms with Crippen LogP contribution >= 0.6 is 0 Å². The third-order valence-corrected chi connectivity index (χ3v) is 3.76. The van der Waals surface area contributed by atoms with E-state index in [4.69, 9.17) is 9.47 Å². The van der Waals surface area contributed by atoms with Crippen LogP contribution < -0.4 is 5.32 Å². The molecule has 1 aliphatic heterocycles. The van der Waals surface area contributed by atoms with Crippen LogP contribution in [0.3, 0.4) is 0 Å². The van der Waals surface area contributed by atoms with Crippen LogP contribution in [-0.4, -0.2) is 38.5 Å². The Morgan fingerprint density at radius 2 is 2.19 bits per heavy atom. The van der Waals surface area contributed by atoms with Crippen molar-refractivity contribution in [3.63, 3.8) is 0 Å². The summed E-state index contributed by atoms with van der Waals surface area (Å²) in [4.78, 5) is 0. The summed E-state index contributed by atoms with van der Waals surface area (Å²) in [5.74, 6) is 0.930. The van der Waals surface area contributed by atoms with Crippen LogP contribution in [0.15, 0.2) is 0 Å². The maximum absolute atomic E-state index is 5.82. The van der Waals surface area contributed by atoms with E-state index in [2.05, 4.69) is 12.2 Å². The molecule has 0 bridgehead atoms. The zero-order valence-electron chi connectivity index (χ0n) is 10.4. The molecule has 0 amide bonds. The van der Waals surface area contributed by atoms with E-state index in [1.54, 1.807) is 0 Å². The molecule has 0 aromatic carbocycles. The second kappa shape index (κ2) is 6.58. The molecular weight excluding hydrogens is 202 g/mol. The van der Waals surface area contributed by atoms with E-state index in [0.717, 1.165) is 32.3 Å². The number of rotatable bonds is 6. The van der Waals surface area contributed by atoms with E-state index >= 15 is 0 Å². The van der Waals surface area contributed by atoms with E-state index < -0.39 is 0 Å². The average Bonchev–Trinajstić information content (AvgIpc) is 2.28. The van der Waals surface area contributed by atoms with Crippen LogP contribution in [0.1, 0.15) is 39.0 Å². The molecule has 94 valence electrons. The highest BCUT2D eigenvalue weighted by Crippen LogP contribution is 2.31. The molecule has 3 nitrogen and oxygen atoms in total. The SMILES string of the molecule is CCCNC(CC1CCC1)C1COCCO1. The van der Waals surface area contributed by atoms with Crippen LogP contribution in [-0.2, 0) is 9.47 Å². The van der Waals surface area contributed by atoms with Gasteiger partial charge in [0.15, 0.2) is 0 Å². The van der Waals surface area contributed by atoms with Gasteiger partial charge < -0.3 is 14.8 Å². The van der Waals surface area contributed by atoms with Gasteiger partial charge in [0.1, 0.15) is 0 Å². The molecule has 0 radical (unpaired) electrons. The highest BCUT2D eigenvalue weighted by Gasteiger charge is 2.29. The third kappa shape index (κ3) is 3.44. The lowest BCUT2D eigenvalue weighted by Crippen LogP contribution is -2.48. The first kappa shape index (κ1) is 12.3. The molecule has 1 saturated heterocycles. The van der Waals surface area contributed by atoms with Gasteiger partial charge in [0.05, 0.1) is 25.9 Å². The molecule has 2 rings (SSSR count). The van der Waals surface area contributed by atoms with Crippen LogP contribution in [0.25, 0.3) is 0 Å². The van der Waals surface area contributed by atoms with Crippen LogP contribution in [0.5, 0.6) is 0 Å². The maximum Gasteiger partial charge on any atom is 0.0962 e. The second-order valence-electron chi connectivity index (χ2n) is 5.08. The predicted molar refractivity (Wildman–Crippen MR) is 64.6 cm³/mol. The fourth-order valence-corrected chi connectivity index (χ4v) is 2.52. The molecule has 0 spiro atoms. The van der Waals surface area contributed by atoms with Crippen molar-refractivity contribution in [1.82, 2.24) is 5.32 Å². The lowest BCUT2D eigenvalue weighted by molar-refractivity contribution is -0.105. The number of ether oxygens (including phenoxy) is 2. The minimum atomic E-state index is 0.279. The maximum atomic E-state index is 5.82. The summed E-state index contributed by atoms with van der Waals surface area (Å²) in [6, 6.07) is 0.505. The van der Waals surface area contributed by atoms with E-state index in [1.165, 1.54) is 32.1 Å². The van der Waals surface area contributed by atoms with Crippen molar-refractivity contribution in [1.29, 1.82) is 0 Å². The lowest BCUT2D eigenvalue weighted by Gasteiger charge is -2.36. The van der Waals surface area contributed by atoms with Crippen LogP contribution in [0.4, 0.5) is 0 Å². The highest BCUT2D eigenvalue weighted by molar-refractivity contribution is 4.84. The zero-order chi connectivity index (χ0) is 11.2. The first-order valence-corrected chi connectivity index (χ1v) is 6.83. The molecule has 2 aliphatic rings. The Morgan fingerprint density at radius 3 is 2.75 bits per heavy atom. The van der Waals surface area contributed by atoms with E-state index in [-0.39, 0.29) is 6.10 Å². The highest BCUT2D eigenvalue weighted by atomic mass is 16.6. The molecule has 1 heterocycles. The van der Waals surface area contributed by atoms with Gasteiger partial charge in [-0.15, -0.1) is 0 Å². The Bertz CT molecular complexity index is 188. The summed E-state index contributed by atoms with van der Waals surface area (Å²) in [5, 5.41) is 3.63. The van der Waals surface area contributed by atoms with Crippen molar-refractivity contribution < 1.29 is 9.47 Å². The van der Waals surface area contributed by atoms with Gasteiger partial charge in [0, 0.05) is 6.04 Å². The van der Waals surface area contributed by atoms with Gasteiger partial charge in [-0.05, 0) is 25.3 Å². The molecular formula is C13H25NO2. The number of nitrogens with one attached hydrogen (secondary N) is 1. The van der Waals surface area contributed by atoms with Crippen LogP contribution in [0, 0.1) is 5.92 Å². The third-order valence-electron chi connectivity index (χ3n) is 3.76. The summed E-state index contributed by atoms with van der Waals surface area (Å²) < 4.78 is 11.3. The van der Waals surface area contributed by atoms with Crippen molar-refractivity contribution in [2.24, 2.45) is 5.92 Å². The number of hydrogen-bond donors (Lipinski definition) is 1. The molecule has 1 N–H and O–H groups in total. The monoisotopic (exact) mass is 227 g/mol. The van der Waals surface area contributed by atoms with Crippen molar-refractivity contribution >= 4 is 0 Å². The van der Waals surface area contributed by atoms with Gasteiger partial charge in [-0.1, -0.05) is 26.2 Å². The van der Waals surface area contributed by atoms with Crippen LogP contribution in [0.2, 0.25) is 0 Å². The van der Waals surface area contributed by atoms with Gasteiger partial charge in [-0.25, -0.2) is 0 Å².